The fraction of sp³-hybridized carbons (Fsp3) is 0.440. The van der Waals surface area contributed by atoms with E-state index in [1.165, 1.54) is 25.3 Å². The zero-order valence-electron chi connectivity index (χ0n) is 21.8. The smallest absolute Gasteiger partial charge is 0.488 e. The molecule has 0 spiro atoms. The summed E-state index contributed by atoms with van der Waals surface area (Å²) in [5.41, 5.74) is -0.0280. The molecule has 0 saturated heterocycles. The molecule has 0 fully saturated rings. The fourth-order valence-electron chi connectivity index (χ4n) is 2.59. The van der Waals surface area contributed by atoms with Gasteiger partial charge in [0, 0.05) is 4.47 Å². The lowest BCUT2D eigenvalue weighted by atomic mass is 9.80. The van der Waals surface area contributed by atoms with E-state index in [1.807, 2.05) is 26.8 Å². The standard InChI is InChI=1S/C12H18BNO5.C12H16BrNO3.CH4/c1-12(2,3)19-11(15)14-9-7-8(13(16)17)5-6-10(9)18-4;1-12(2,3)17-11(15)14-9-7-8(13)5-6-10(9)16-4;/h5-7,16-17H,1-4H3,(H,14,15);5-7H,1-4H3,(H,14,15);1H4. The lowest BCUT2D eigenvalue weighted by Crippen LogP contribution is -2.31. The quantitative estimate of drug-likeness (QED) is 0.354. The Morgan fingerprint density at radius 1 is 0.784 bits per heavy atom. The summed E-state index contributed by atoms with van der Waals surface area (Å²) in [5, 5.41) is 23.4. The van der Waals surface area contributed by atoms with Gasteiger partial charge in [-0.2, -0.15) is 0 Å². The van der Waals surface area contributed by atoms with Gasteiger partial charge in [-0.1, -0.05) is 29.4 Å². The highest BCUT2D eigenvalue weighted by Gasteiger charge is 2.20. The molecule has 0 aromatic heterocycles. The summed E-state index contributed by atoms with van der Waals surface area (Å²) in [7, 11) is 1.37. The summed E-state index contributed by atoms with van der Waals surface area (Å²) in [5.74, 6) is 0.981. The molecule has 0 radical (unpaired) electrons. The molecule has 0 heterocycles. The number of ether oxygens (including phenoxy) is 4. The highest BCUT2D eigenvalue weighted by molar-refractivity contribution is 9.10. The summed E-state index contributed by atoms with van der Waals surface area (Å²) >= 11 is 3.33. The number of anilines is 2. The van der Waals surface area contributed by atoms with E-state index in [-0.39, 0.29) is 12.9 Å². The first-order valence-electron chi connectivity index (χ1n) is 10.9. The Morgan fingerprint density at radius 3 is 1.57 bits per heavy atom. The maximum absolute atomic E-state index is 11.7. The van der Waals surface area contributed by atoms with Crippen LogP contribution in [-0.2, 0) is 9.47 Å². The number of halogens is 1. The zero-order chi connectivity index (χ0) is 27.7. The highest BCUT2D eigenvalue weighted by atomic mass is 79.9. The van der Waals surface area contributed by atoms with Gasteiger partial charge in [0.1, 0.15) is 22.7 Å². The van der Waals surface area contributed by atoms with Crippen molar-refractivity contribution in [3.05, 3.63) is 40.9 Å². The number of benzene rings is 2. The fourth-order valence-corrected chi connectivity index (χ4v) is 2.95. The molecule has 12 heteroatoms. The van der Waals surface area contributed by atoms with E-state index in [1.54, 1.807) is 40.0 Å². The van der Waals surface area contributed by atoms with Crippen molar-refractivity contribution in [2.45, 2.75) is 60.2 Å². The molecule has 2 rings (SSSR count). The first-order chi connectivity index (χ1) is 16.5. The van der Waals surface area contributed by atoms with Gasteiger partial charge < -0.3 is 29.0 Å². The monoisotopic (exact) mass is 584 g/mol. The van der Waals surface area contributed by atoms with Crippen molar-refractivity contribution in [3.8, 4) is 11.5 Å². The SMILES string of the molecule is C.COc1ccc(B(O)O)cc1NC(=O)OC(C)(C)C.COc1ccc(Br)cc1NC(=O)OC(C)(C)C. The zero-order valence-corrected chi connectivity index (χ0v) is 23.3. The van der Waals surface area contributed by atoms with E-state index >= 15 is 0 Å². The molecule has 0 atom stereocenters. The molecule has 0 unspecified atom stereocenters. The summed E-state index contributed by atoms with van der Waals surface area (Å²) in [6.45, 7) is 10.7. The van der Waals surface area contributed by atoms with Gasteiger partial charge in [0.25, 0.3) is 0 Å². The number of hydrogen-bond donors (Lipinski definition) is 4. The third kappa shape index (κ3) is 13.2. The average Bonchev–Trinajstić information content (AvgIpc) is 2.71. The number of amides is 2. The van der Waals surface area contributed by atoms with Gasteiger partial charge in [0.2, 0.25) is 0 Å². The molecule has 2 amide bonds. The molecule has 4 N–H and O–H groups in total. The summed E-state index contributed by atoms with van der Waals surface area (Å²) in [4.78, 5) is 23.3. The van der Waals surface area contributed by atoms with Gasteiger partial charge in [-0.3, -0.25) is 10.6 Å². The predicted molar refractivity (Wildman–Crippen MR) is 150 cm³/mol. The largest absolute Gasteiger partial charge is 0.495 e. The van der Waals surface area contributed by atoms with Gasteiger partial charge in [-0.15, -0.1) is 0 Å². The molecule has 10 nitrogen and oxygen atoms in total. The number of nitrogens with one attached hydrogen (secondary N) is 2. The van der Waals surface area contributed by atoms with Crippen LogP contribution in [0.3, 0.4) is 0 Å². The Labute approximate surface area is 227 Å². The first kappa shape index (κ1) is 34.0. The van der Waals surface area contributed by atoms with Gasteiger partial charge in [-0.25, -0.2) is 9.59 Å². The van der Waals surface area contributed by atoms with E-state index in [9.17, 15) is 9.59 Å². The topological polar surface area (TPSA) is 136 Å². The van der Waals surface area contributed by atoms with Crippen LogP contribution in [0.15, 0.2) is 40.9 Å². The Morgan fingerprint density at radius 2 is 1.19 bits per heavy atom. The first-order valence-corrected chi connectivity index (χ1v) is 11.7. The molecule has 0 aliphatic heterocycles. The Bertz CT molecular complexity index is 1040. The minimum Gasteiger partial charge on any atom is -0.495 e. The van der Waals surface area contributed by atoms with Gasteiger partial charge >= 0.3 is 19.3 Å². The lowest BCUT2D eigenvalue weighted by molar-refractivity contribution is 0.0624. The van der Waals surface area contributed by atoms with E-state index in [0.29, 0.717) is 22.9 Å². The normalized spacial score (nSPS) is 10.6. The molecular formula is C25H38BBrN2O8. The van der Waals surface area contributed by atoms with Crippen LogP contribution >= 0.6 is 15.9 Å². The molecule has 2 aromatic carbocycles. The van der Waals surface area contributed by atoms with Crippen molar-refractivity contribution in [3.63, 3.8) is 0 Å². The van der Waals surface area contributed by atoms with Gasteiger partial charge in [0.15, 0.2) is 0 Å². The Kier molecular flexibility index (Phi) is 13.5. The number of carbonyl (C=O) groups is 2. The second-order valence-electron chi connectivity index (χ2n) is 9.43. The molecule has 0 saturated carbocycles. The maximum Gasteiger partial charge on any atom is 0.488 e. The minimum atomic E-state index is -1.62. The second-order valence-corrected chi connectivity index (χ2v) is 10.3. The molecule has 37 heavy (non-hydrogen) atoms. The molecule has 0 bridgehead atoms. The third-order valence-corrected chi connectivity index (χ3v) is 4.45. The second kappa shape index (κ2) is 14.7. The molecule has 0 aliphatic carbocycles. The Hall–Kier alpha value is -2.96. The molecule has 0 aliphatic rings. The van der Waals surface area contributed by atoms with Crippen molar-refractivity contribution >= 4 is 52.1 Å². The number of rotatable bonds is 5. The lowest BCUT2D eigenvalue weighted by Gasteiger charge is -2.20. The van der Waals surface area contributed by atoms with Crippen LogP contribution < -0.4 is 25.6 Å². The summed E-state index contributed by atoms with van der Waals surface area (Å²) < 4.78 is 21.3. The van der Waals surface area contributed by atoms with E-state index in [2.05, 4.69) is 26.6 Å². The van der Waals surface area contributed by atoms with E-state index in [4.69, 9.17) is 29.0 Å². The number of methoxy groups -OCH3 is 2. The van der Waals surface area contributed by atoms with Crippen molar-refractivity contribution in [2.24, 2.45) is 0 Å². The predicted octanol–water partition coefficient (Wildman–Crippen LogP) is 5.16. The van der Waals surface area contributed by atoms with Crippen LogP contribution in [0.5, 0.6) is 11.5 Å². The van der Waals surface area contributed by atoms with Gasteiger partial charge in [-0.05, 0) is 77.3 Å². The van der Waals surface area contributed by atoms with E-state index < -0.39 is 30.5 Å². The summed E-state index contributed by atoms with van der Waals surface area (Å²) in [6.07, 6.45) is -1.15. The van der Waals surface area contributed by atoms with Crippen molar-refractivity contribution in [2.75, 3.05) is 24.9 Å². The minimum absolute atomic E-state index is 0. The third-order valence-electron chi connectivity index (χ3n) is 3.95. The maximum atomic E-state index is 11.7. The van der Waals surface area contributed by atoms with Crippen molar-refractivity contribution < 1.29 is 38.6 Å². The van der Waals surface area contributed by atoms with Gasteiger partial charge in [0.05, 0.1) is 25.6 Å². The molecule has 2 aromatic rings. The van der Waals surface area contributed by atoms with Crippen LogP contribution in [0.4, 0.5) is 21.0 Å². The highest BCUT2D eigenvalue weighted by Crippen LogP contribution is 2.28. The van der Waals surface area contributed by atoms with Crippen LogP contribution in [0, 0.1) is 0 Å². The van der Waals surface area contributed by atoms with Crippen molar-refractivity contribution in [1.29, 1.82) is 0 Å². The van der Waals surface area contributed by atoms with Crippen LogP contribution in [0.2, 0.25) is 0 Å². The Balaban J connectivity index is 0.000000686. The molecular weight excluding hydrogens is 547 g/mol. The van der Waals surface area contributed by atoms with E-state index in [0.717, 1.165) is 4.47 Å². The summed E-state index contributed by atoms with van der Waals surface area (Å²) in [6, 6.07) is 9.78. The molecule has 206 valence electrons. The average molecular weight is 585 g/mol. The van der Waals surface area contributed by atoms with Crippen LogP contribution in [0.25, 0.3) is 0 Å². The van der Waals surface area contributed by atoms with Crippen LogP contribution in [0.1, 0.15) is 49.0 Å². The van der Waals surface area contributed by atoms with Crippen molar-refractivity contribution in [1.82, 2.24) is 0 Å². The number of carbonyl (C=O) groups excluding carboxylic acids is 2. The number of hydrogen-bond acceptors (Lipinski definition) is 8. The van der Waals surface area contributed by atoms with Crippen LogP contribution in [-0.4, -0.2) is 54.8 Å².